The van der Waals surface area contributed by atoms with Crippen LogP contribution < -0.4 is 10.1 Å². The van der Waals surface area contributed by atoms with Crippen LogP contribution in [0.2, 0.25) is 0 Å². The van der Waals surface area contributed by atoms with Gasteiger partial charge >= 0.3 is 0 Å². The first-order chi connectivity index (χ1) is 15.9. The fourth-order valence-electron chi connectivity index (χ4n) is 4.00. The van der Waals surface area contributed by atoms with Gasteiger partial charge in [0.05, 0.1) is 12.7 Å². The average molecular weight is 445 g/mol. The van der Waals surface area contributed by atoms with Gasteiger partial charge in [-0.1, -0.05) is 30.3 Å². The van der Waals surface area contributed by atoms with E-state index in [0.717, 1.165) is 28.1 Å². The first kappa shape index (κ1) is 22.3. The van der Waals surface area contributed by atoms with Crippen LogP contribution in [-0.4, -0.2) is 30.4 Å². The van der Waals surface area contributed by atoms with Gasteiger partial charge in [-0.2, -0.15) is 0 Å². The van der Waals surface area contributed by atoms with Gasteiger partial charge in [0.15, 0.2) is 0 Å². The Kier molecular flexibility index (Phi) is 6.27. The SMILES string of the molecule is COc1ccc(CCN2C(=O)C(Nc3cc(C)cc(C)c3)=C(c3ccc(F)cc3)C2=O)cc1. The van der Waals surface area contributed by atoms with Crippen molar-refractivity contribution in [3.8, 4) is 5.75 Å². The van der Waals surface area contributed by atoms with Gasteiger partial charge in [0.2, 0.25) is 0 Å². The second kappa shape index (κ2) is 9.28. The van der Waals surface area contributed by atoms with Crippen LogP contribution in [0.3, 0.4) is 0 Å². The van der Waals surface area contributed by atoms with Crippen molar-refractivity contribution in [3.63, 3.8) is 0 Å². The molecule has 0 unspecified atom stereocenters. The molecule has 4 rings (SSSR count). The number of rotatable bonds is 7. The molecule has 3 aromatic rings. The molecule has 1 aliphatic rings. The molecule has 0 spiro atoms. The number of benzene rings is 3. The van der Waals surface area contributed by atoms with Crippen molar-refractivity contribution >= 4 is 23.1 Å². The van der Waals surface area contributed by atoms with E-state index in [2.05, 4.69) is 5.32 Å². The van der Waals surface area contributed by atoms with Gasteiger partial charge in [0.1, 0.15) is 17.3 Å². The van der Waals surface area contributed by atoms with Crippen molar-refractivity contribution in [3.05, 3.63) is 100 Å². The molecule has 0 atom stereocenters. The largest absolute Gasteiger partial charge is 0.497 e. The van der Waals surface area contributed by atoms with Gasteiger partial charge in [0.25, 0.3) is 11.8 Å². The lowest BCUT2D eigenvalue weighted by Crippen LogP contribution is -2.34. The van der Waals surface area contributed by atoms with Crippen LogP contribution >= 0.6 is 0 Å². The van der Waals surface area contributed by atoms with E-state index < -0.39 is 17.6 Å². The molecule has 0 radical (unpaired) electrons. The number of anilines is 1. The van der Waals surface area contributed by atoms with E-state index >= 15 is 0 Å². The molecule has 0 fully saturated rings. The minimum Gasteiger partial charge on any atom is -0.497 e. The van der Waals surface area contributed by atoms with Crippen LogP contribution in [0.5, 0.6) is 5.75 Å². The summed E-state index contributed by atoms with van der Waals surface area (Å²) < 4.78 is 18.7. The topological polar surface area (TPSA) is 58.6 Å². The third-order valence-electron chi connectivity index (χ3n) is 5.58. The zero-order valence-corrected chi connectivity index (χ0v) is 18.8. The van der Waals surface area contributed by atoms with Crippen molar-refractivity contribution in [2.75, 3.05) is 19.0 Å². The molecule has 0 saturated heterocycles. The Bertz CT molecular complexity index is 1210. The van der Waals surface area contributed by atoms with Crippen LogP contribution in [0.1, 0.15) is 22.3 Å². The molecule has 3 aromatic carbocycles. The Labute approximate surface area is 192 Å². The zero-order chi connectivity index (χ0) is 23.5. The van der Waals surface area contributed by atoms with Crippen molar-refractivity contribution in [1.82, 2.24) is 4.90 Å². The number of aryl methyl sites for hydroxylation is 2. The van der Waals surface area contributed by atoms with Crippen LogP contribution in [0.15, 0.2) is 72.4 Å². The van der Waals surface area contributed by atoms with E-state index in [1.807, 2.05) is 56.3 Å². The summed E-state index contributed by atoms with van der Waals surface area (Å²) in [6.07, 6.45) is 0.509. The zero-order valence-electron chi connectivity index (χ0n) is 18.8. The molecule has 0 saturated carbocycles. The Morgan fingerprint density at radius 3 is 2.12 bits per heavy atom. The number of ether oxygens (including phenoxy) is 1. The number of nitrogens with zero attached hydrogens (tertiary/aromatic N) is 1. The molecule has 5 nitrogen and oxygen atoms in total. The predicted octanol–water partition coefficient (Wildman–Crippen LogP) is 4.89. The lowest BCUT2D eigenvalue weighted by molar-refractivity contribution is -0.136. The van der Waals surface area contributed by atoms with Gasteiger partial charge in [0, 0.05) is 12.2 Å². The molecule has 1 heterocycles. The molecule has 1 N–H and O–H groups in total. The minimum atomic E-state index is -0.406. The van der Waals surface area contributed by atoms with E-state index in [1.54, 1.807) is 7.11 Å². The molecule has 1 aliphatic heterocycles. The highest BCUT2D eigenvalue weighted by molar-refractivity contribution is 6.36. The molecule has 0 aliphatic carbocycles. The summed E-state index contributed by atoms with van der Waals surface area (Å²) in [7, 11) is 1.60. The molecule has 6 heteroatoms. The predicted molar refractivity (Wildman–Crippen MR) is 126 cm³/mol. The number of hydrogen-bond donors (Lipinski definition) is 1. The number of nitrogens with one attached hydrogen (secondary N) is 1. The van der Waals surface area contributed by atoms with Gasteiger partial charge in [-0.25, -0.2) is 4.39 Å². The fraction of sp³-hybridized carbons (Fsp3) is 0.185. The molecule has 0 bridgehead atoms. The van der Waals surface area contributed by atoms with E-state index in [4.69, 9.17) is 4.74 Å². The van der Waals surface area contributed by atoms with Gasteiger partial charge in [-0.05, 0) is 78.9 Å². The summed E-state index contributed by atoms with van der Waals surface area (Å²) >= 11 is 0. The molecular weight excluding hydrogens is 419 g/mol. The summed E-state index contributed by atoms with van der Waals surface area (Å²) in [5.41, 5.74) is 4.72. The van der Waals surface area contributed by atoms with E-state index in [9.17, 15) is 14.0 Å². The van der Waals surface area contributed by atoms with Gasteiger partial charge < -0.3 is 10.1 Å². The number of halogens is 1. The quantitative estimate of drug-likeness (QED) is 0.528. The maximum absolute atomic E-state index is 13.5. The first-order valence-electron chi connectivity index (χ1n) is 10.7. The first-order valence-corrected chi connectivity index (χ1v) is 10.7. The Balaban J connectivity index is 1.65. The number of methoxy groups -OCH3 is 1. The monoisotopic (exact) mass is 444 g/mol. The number of carbonyl (C=O) groups excluding carboxylic acids is 2. The highest BCUT2D eigenvalue weighted by Gasteiger charge is 2.39. The maximum Gasteiger partial charge on any atom is 0.278 e. The van der Waals surface area contributed by atoms with Crippen LogP contribution in [-0.2, 0) is 16.0 Å². The highest BCUT2D eigenvalue weighted by Crippen LogP contribution is 2.31. The number of hydrogen-bond acceptors (Lipinski definition) is 4. The maximum atomic E-state index is 13.5. The van der Waals surface area contributed by atoms with E-state index in [0.29, 0.717) is 12.0 Å². The fourth-order valence-corrected chi connectivity index (χ4v) is 4.00. The standard InChI is InChI=1S/C27H25FN2O3/c1-17-14-18(2)16-22(15-17)29-25-24(20-6-8-21(28)9-7-20)26(31)30(27(25)32)13-12-19-4-10-23(33-3)11-5-19/h4-11,14-16,29H,12-13H2,1-3H3. The summed E-state index contributed by atoms with van der Waals surface area (Å²) in [5, 5.41) is 3.17. The smallest absolute Gasteiger partial charge is 0.278 e. The summed E-state index contributed by atoms with van der Waals surface area (Å²) in [6, 6.07) is 19.0. The van der Waals surface area contributed by atoms with Crippen molar-refractivity contribution in [2.24, 2.45) is 0 Å². The summed E-state index contributed by atoms with van der Waals surface area (Å²) in [5.74, 6) is -0.456. The second-order valence-electron chi connectivity index (χ2n) is 8.12. The minimum absolute atomic E-state index is 0.200. The van der Waals surface area contributed by atoms with Crippen LogP contribution in [0.4, 0.5) is 10.1 Å². The Morgan fingerprint density at radius 1 is 0.879 bits per heavy atom. The summed E-state index contributed by atoms with van der Waals surface area (Å²) in [4.78, 5) is 27.9. The van der Waals surface area contributed by atoms with Crippen molar-refractivity contribution in [2.45, 2.75) is 20.3 Å². The second-order valence-corrected chi connectivity index (χ2v) is 8.12. The lowest BCUT2D eigenvalue weighted by atomic mass is 10.0. The molecular formula is C27H25FN2O3. The highest BCUT2D eigenvalue weighted by atomic mass is 19.1. The van der Waals surface area contributed by atoms with E-state index in [1.165, 1.54) is 29.2 Å². The number of carbonyl (C=O) groups is 2. The number of amides is 2. The van der Waals surface area contributed by atoms with E-state index in [-0.39, 0.29) is 17.8 Å². The normalized spacial score (nSPS) is 13.6. The summed E-state index contributed by atoms with van der Waals surface area (Å²) in [6.45, 7) is 4.17. The van der Waals surface area contributed by atoms with Gasteiger partial charge in [-0.3, -0.25) is 14.5 Å². The molecule has 0 aromatic heterocycles. The Morgan fingerprint density at radius 2 is 1.52 bits per heavy atom. The van der Waals surface area contributed by atoms with Crippen LogP contribution in [0.25, 0.3) is 5.57 Å². The Hall–Kier alpha value is -3.93. The molecule has 168 valence electrons. The molecule has 2 amide bonds. The third-order valence-corrected chi connectivity index (χ3v) is 5.58. The van der Waals surface area contributed by atoms with Gasteiger partial charge in [-0.15, -0.1) is 0 Å². The molecule has 33 heavy (non-hydrogen) atoms. The van der Waals surface area contributed by atoms with Crippen molar-refractivity contribution in [1.29, 1.82) is 0 Å². The average Bonchev–Trinajstić information content (AvgIpc) is 3.01. The third kappa shape index (κ3) is 4.80. The number of imide groups is 1. The van der Waals surface area contributed by atoms with Crippen molar-refractivity contribution < 1.29 is 18.7 Å². The van der Waals surface area contributed by atoms with Crippen LogP contribution in [0, 0.1) is 19.7 Å². The lowest BCUT2D eigenvalue weighted by Gasteiger charge is -2.15.